The first-order valence-electron chi connectivity index (χ1n) is 7.47. The lowest BCUT2D eigenvalue weighted by molar-refractivity contribution is -0.384. The van der Waals surface area contributed by atoms with Gasteiger partial charge in [-0.1, -0.05) is 48.2 Å². The van der Waals surface area contributed by atoms with Crippen LogP contribution in [0.5, 0.6) is 0 Å². The number of nitro benzene ring substituents is 1. The molecule has 1 amide bonds. The first-order valence-corrected chi connectivity index (χ1v) is 8.69. The van der Waals surface area contributed by atoms with Gasteiger partial charge in [-0.05, 0) is 42.7 Å². The number of nitrogens with zero attached hydrogens (tertiary/aromatic N) is 2. The van der Waals surface area contributed by atoms with Gasteiger partial charge in [0.25, 0.3) is 11.6 Å². The Balaban J connectivity index is 1.97. The third-order valence-electron chi connectivity index (χ3n) is 3.99. The smallest absolute Gasteiger partial charge is 0.268 e. The minimum atomic E-state index is -0.460. The monoisotopic (exact) mass is 370 g/mol. The number of hydrogen-bond acceptors (Lipinski definition) is 5. The van der Waals surface area contributed by atoms with E-state index in [-0.39, 0.29) is 11.6 Å². The molecule has 1 aliphatic rings. The number of aryl methyl sites for hydroxylation is 1. The Labute approximate surface area is 154 Å². The third kappa shape index (κ3) is 3.33. The van der Waals surface area contributed by atoms with E-state index in [1.807, 2.05) is 32.0 Å². The van der Waals surface area contributed by atoms with Crippen LogP contribution in [-0.2, 0) is 4.79 Å². The molecule has 0 N–H and O–H groups in total. The molecule has 0 saturated carbocycles. The van der Waals surface area contributed by atoms with Gasteiger partial charge < -0.3 is 0 Å². The maximum absolute atomic E-state index is 12.8. The van der Waals surface area contributed by atoms with Crippen LogP contribution < -0.4 is 4.90 Å². The number of amides is 1. The van der Waals surface area contributed by atoms with E-state index in [1.54, 1.807) is 18.2 Å². The topological polar surface area (TPSA) is 63.5 Å². The van der Waals surface area contributed by atoms with E-state index in [0.29, 0.717) is 14.8 Å². The van der Waals surface area contributed by atoms with Gasteiger partial charge in [-0.3, -0.25) is 19.8 Å². The number of non-ortho nitro benzene ring substituents is 1. The van der Waals surface area contributed by atoms with Crippen molar-refractivity contribution in [3.05, 3.63) is 74.2 Å². The van der Waals surface area contributed by atoms with Crippen LogP contribution >= 0.6 is 24.0 Å². The molecule has 5 nitrogen and oxygen atoms in total. The van der Waals surface area contributed by atoms with Gasteiger partial charge in [0.15, 0.2) is 4.32 Å². The number of thiocarbonyl (C=S) groups is 1. The van der Waals surface area contributed by atoms with Gasteiger partial charge in [-0.2, -0.15) is 0 Å². The summed E-state index contributed by atoms with van der Waals surface area (Å²) in [5.74, 6) is -0.213. The highest BCUT2D eigenvalue weighted by molar-refractivity contribution is 8.27. The van der Waals surface area contributed by atoms with Crippen molar-refractivity contribution in [2.24, 2.45) is 0 Å². The number of carbonyl (C=O) groups is 1. The van der Waals surface area contributed by atoms with Crippen LogP contribution in [0.15, 0.2) is 47.4 Å². The Morgan fingerprint density at radius 3 is 2.64 bits per heavy atom. The van der Waals surface area contributed by atoms with E-state index < -0.39 is 4.92 Å². The average molecular weight is 370 g/mol. The zero-order chi connectivity index (χ0) is 18.1. The fourth-order valence-electron chi connectivity index (χ4n) is 2.53. The second-order valence-electron chi connectivity index (χ2n) is 5.59. The summed E-state index contributed by atoms with van der Waals surface area (Å²) in [5.41, 5.74) is 3.42. The van der Waals surface area contributed by atoms with Gasteiger partial charge in [0.2, 0.25) is 0 Å². The van der Waals surface area contributed by atoms with Crippen molar-refractivity contribution in [2.75, 3.05) is 4.90 Å². The van der Waals surface area contributed by atoms with Crippen LogP contribution in [0.25, 0.3) is 6.08 Å². The molecule has 0 atom stereocenters. The van der Waals surface area contributed by atoms with Gasteiger partial charge >= 0.3 is 0 Å². The molecule has 7 heteroatoms. The van der Waals surface area contributed by atoms with E-state index in [2.05, 4.69) is 0 Å². The molecule has 0 spiro atoms. The van der Waals surface area contributed by atoms with E-state index in [9.17, 15) is 14.9 Å². The summed E-state index contributed by atoms with van der Waals surface area (Å²) < 4.78 is 0.454. The molecular formula is C18H14N2O3S2. The molecule has 1 aliphatic heterocycles. The van der Waals surface area contributed by atoms with E-state index in [4.69, 9.17) is 12.2 Å². The van der Waals surface area contributed by atoms with Crippen LogP contribution in [0.4, 0.5) is 11.4 Å². The largest absolute Gasteiger partial charge is 0.270 e. The Kier molecular flexibility index (Phi) is 4.69. The van der Waals surface area contributed by atoms with Crippen LogP contribution in [-0.4, -0.2) is 15.2 Å². The van der Waals surface area contributed by atoms with Crippen LogP contribution in [0.1, 0.15) is 16.7 Å². The molecule has 2 aromatic rings. The fourth-order valence-corrected chi connectivity index (χ4v) is 3.82. The Hall–Kier alpha value is -2.51. The predicted octanol–water partition coefficient (Wildman–Crippen LogP) is 4.62. The van der Waals surface area contributed by atoms with Gasteiger partial charge in [0.1, 0.15) is 0 Å². The van der Waals surface area contributed by atoms with Gasteiger partial charge in [0.05, 0.1) is 15.5 Å². The summed E-state index contributed by atoms with van der Waals surface area (Å²) in [5, 5.41) is 10.9. The molecule has 1 fully saturated rings. The molecule has 0 aromatic heterocycles. The summed E-state index contributed by atoms with van der Waals surface area (Å²) in [6.45, 7) is 3.93. The molecule has 126 valence electrons. The first kappa shape index (κ1) is 17.3. The summed E-state index contributed by atoms with van der Waals surface area (Å²) in [6, 6.07) is 11.9. The Bertz CT molecular complexity index is 938. The lowest BCUT2D eigenvalue weighted by Gasteiger charge is -2.18. The Morgan fingerprint density at radius 1 is 1.20 bits per heavy atom. The minimum Gasteiger partial charge on any atom is -0.268 e. The van der Waals surface area contributed by atoms with Crippen molar-refractivity contribution >= 4 is 51.7 Å². The second-order valence-corrected chi connectivity index (χ2v) is 7.26. The number of thioether (sulfide) groups is 1. The molecule has 1 saturated heterocycles. The predicted molar refractivity (Wildman–Crippen MR) is 105 cm³/mol. The van der Waals surface area contributed by atoms with Crippen molar-refractivity contribution in [3.63, 3.8) is 0 Å². The summed E-state index contributed by atoms with van der Waals surface area (Å²) in [7, 11) is 0. The number of rotatable bonds is 3. The first-order chi connectivity index (χ1) is 11.9. The van der Waals surface area contributed by atoms with E-state index in [0.717, 1.165) is 16.8 Å². The van der Waals surface area contributed by atoms with Crippen molar-refractivity contribution in [3.8, 4) is 0 Å². The highest BCUT2D eigenvalue weighted by atomic mass is 32.2. The van der Waals surface area contributed by atoms with E-state index in [1.165, 1.54) is 28.8 Å². The molecule has 2 aromatic carbocycles. The van der Waals surface area contributed by atoms with Crippen LogP contribution in [0.3, 0.4) is 0 Å². The fraction of sp³-hybridized carbons (Fsp3) is 0.111. The molecule has 0 radical (unpaired) electrons. The molecule has 0 aliphatic carbocycles. The van der Waals surface area contributed by atoms with Crippen molar-refractivity contribution in [1.29, 1.82) is 0 Å². The molecule has 0 bridgehead atoms. The highest BCUT2D eigenvalue weighted by Gasteiger charge is 2.34. The lowest BCUT2D eigenvalue weighted by atomic mass is 10.1. The summed E-state index contributed by atoms with van der Waals surface area (Å²) in [4.78, 5) is 25.2. The van der Waals surface area contributed by atoms with Crippen molar-refractivity contribution in [1.82, 2.24) is 0 Å². The van der Waals surface area contributed by atoms with Crippen LogP contribution in [0.2, 0.25) is 0 Å². The van der Waals surface area contributed by atoms with Gasteiger partial charge in [-0.15, -0.1) is 0 Å². The normalized spacial score (nSPS) is 15.9. The maximum Gasteiger partial charge on any atom is 0.270 e. The van der Waals surface area contributed by atoms with Gasteiger partial charge in [-0.25, -0.2) is 0 Å². The van der Waals surface area contributed by atoms with Crippen LogP contribution in [0, 0.1) is 24.0 Å². The highest BCUT2D eigenvalue weighted by Crippen LogP contribution is 2.38. The standard InChI is InChI=1S/C18H14N2O3S2/c1-11-5-3-8-15(12(11)2)19-17(21)16(25-18(19)24)10-13-6-4-7-14(9-13)20(22)23/h3-10H,1-2H3/b16-10-. The number of hydrogen-bond donors (Lipinski definition) is 0. The average Bonchev–Trinajstić information content (AvgIpc) is 2.84. The van der Waals surface area contributed by atoms with Crippen molar-refractivity contribution < 1.29 is 9.72 Å². The molecule has 1 heterocycles. The molecule has 25 heavy (non-hydrogen) atoms. The quantitative estimate of drug-likeness (QED) is 0.341. The lowest BCUT2D eigenvalue weighted by Crippen LogP contribution is -2.28. The number of anilines is 1. The third-order valence-corrected chi connectivity index (χ3v) is 5.29. The van der Waals surface area contributed by atoms with Gasteiger partial charge in [0, 0.05) is 12.1 Å². The number of carbonyl (C=O) groups excluding carboxylic acids is 1. The zero-order valence-electron chi connectivity index (χ0n) is 13.6. The van der Waals surface area contributed by atoms with E-state index >= 15 is 0 Å². The zero-order valence-corrected chi connectivity index (χ0v) is 15.2. The molecular weight excluding hydrogens is 356 g/mol. The molecule has 0 unspecified atom stereocenters. The minimum absolute atomic E-state index is 0.0150. The number of benzene rings is 2. The second kappa shape index (κ2) is 6.78. The molecule has 3 rings (SSSR count). The summed E-state index contributed by atoms with van der Waals surface area (Å²) >= 11 is 6.58. The van der Waals surface area contributed by atoms with Crippen molar-refractivity contribution in [2.45, 2.75) is 13.8 Å². The SMILES string of the molecule is Cc1cccc(N2C(=O)/C(=C/c3cccc([N+](=O)[O-])c3)SC2=S)c1C. The number of nitro groups is 1. The summed E-state index contributed by atoms with van der Waals surface area (Å²) in [6.07, 6.45) is 1.64. The Morgan fingerprint density at radius 2 is 1.92 bits per heavy atom. The maximum atomic E-state index is 12.8.